The molecular weight excluding hydrogens is 474 g/mol. The molecule has 1 atom stereocenters. The zero-order valence-electron chi connectivity index (χ0n) is 18.8. The molecule has 4 rings (SSSR count). The summed E-state index contributed by atoms with van der Waals surface area (Å²) in [6.07, 6.45) is 3.83. The SMILES string of the molecule is COC(=O)[C@H](c1ccccc1Cl)N1CCc2sc(OC(=O)/C=C/c3ccc(OC)cc3)cc2C1. The average molecular weight is 498 g/mol. The molecule has 176 valence electrons. The molecule has 6 nitrogen and oxygen atoms in total. The topological polar surface area (TPSA) is 65.1 Å². The van der Waals surface area contributed by atoms with Crippen LogP contribution in [0.2, 0.25) is 5.02 Å². The molecule has 0 bridgehead atoms. The third kappa shape index (κ3) is 5.50. The van der Waals surface area contributed by atoms with Crippen molar-refractivity contribution in [3.63, 3.8) is 0 Å². The number of thiophene rings is 1. The number of benzene rings is 2. The predicted molar refractivity (Wildman–Crippen MR) is 132 cm³/mol. The van der Waals surface area contributed by atoms with Gasteiger partial charge < -0.3 is 14.2 Å². The normalized spacial score (nSPS) is 14.4. The Morgan fingerprint density at radius 1 is 1.12 bits per heavy atom. The number of ether oxygens (including phenoxy) is 3. The summed E-state index contributed by atoms with van der Waals surface area (Å²) >= 11 is 7.84. The van der Waals surface area contributed by atoms with Crippen LogP contribution in [0.1, 0.15) is 27.6 Å². The summed E-state index contributed by atoms with van der Waals surface area (Å²) in [5, 5.41) is 1.05. The minimum Gasteiger partial charge on any atom is -0.497 e. The number of fused-ring (bicyclic) bond motifs is 1. The van der Waals surface area contributed by atoms with Gasteiger partial charge in [-0.2, -0.15) is 0 Å². The van der Waals surface area contributed by atoms with Gasteiger partial charge in [0, 0.05) is 29.1 Å². The zero-order chi connectivity index (χ0) is 24.1. The van der Waals surface area contributed by atoms with Gasteiger partial charge in [-0.3, -0.25) is 4.90 Å². The molecule has 1 aliphatic rings. The van der Waals surface area contributed by atoms with Gasteiger partial charge in [0.05, 0.1) is 14.2 Å². The highest BCUT2D eigenvalue weighted by Gasteiger charge is 2.33. The Kier molecular flexibility index (Phi) is 7.67. The van der Waals surface area contributed by atoms with E-state index >= 15 is 0 Å². The second-order valence-electron chi connectivity index (χ2n) is 7.71. The van der Waals surface area contributed by atoms with E-state index in [9.17, 15) is 9.59 Å². The standard InChI is InChI=1S/C26H24ClNO5S/c1-31-19-10-7-17(8-11-19)9-12-23(29)33-24-15-18-16-28(14-13-22(18)34-24)25(26(30)32-2)20-5-3-4-6-21(20)27/h3-12,15,25H,13-14,16H2,1-2H3/b12-9+/t25-/m0/s1. The van der Waals surface area contributed by atoms with Crippen molar-refractivity contribution in [1.29, 1.82) is 0 Å². The number of rotatable bonds is 7. The molecule has 0 N–H and O–H groups in total. The number of esters is 2. The number of carbonyl (C=O) groups is 2. The molecule has 2 heterocycles. The molecule has 2 aromatic carbocycles. The van der Waals surface area contributed by atoms with E-state index in [4.69, 9.17) is 25.8 Å². The van der Waals surface area contributed by atoms with Crippen LogP contribution in [0.15, 0.2) is 60.7 Å². The molecule has 0 amide bonds. The average Bonchev–Trinajstić information content (AvgIpc) is 3.25. The van der Waals surface area contributed by atoms with Gasteiger partial charge in [0.2, 0.25) is 0 Å². The van der Waals surface area contributed by atoms with Crippen LogP contribution in [0, 0.1) is 0 Å². The Hall–Kier alpha value is -3.13. The first-order valence-corrected chi connectivity index (χ1v) is 11.9. The molecular formula is C26H24ClNO5S. The van der Waals surface area contributed by atoms with Crippen LogP contribution >= 0.6 is 22.9 Å². The van der Waals surface area contributed by atoms with Crippen molar-refractivity contribution in [2.45, 2.75) is 19.0 Å². The van der Waals surface area contributed by atoms with Crippen molar-refractivity contribution in [2.24, 2.45) is 0 Å². The second-order valence-corrected chi connectivity index (χ2v) is 9.22. The van der Waals surface area contributed by atoms with Crippen LogP contribution in [-0.4, -0.2) is 37.6 Å². The zero-order valence-corrected chi connectivity index (χ0v) is 20.4. The van der Waals surface area contributed by atoms with Gasteiger partial charge >= 0.3 is 11.9 Å². The van der Waals surface area contributed by atoms with Gasteiger partial charge in [0.25, 0.3) is 0 Å². The summed E-state index contributed by atoms with van der Waals surface area (Å²) in [6, 6.07) is 15.9. The van der Waals surface area contributed by atoms with Gasteiger partial charge in [0.1, 0.15) is 11.8 Å². The minimum atomic E-state index is -0.606. The van der Waals surface area contributed by atoms with Crippen molar-refractivity contribution < 1.29 is 23.8 Å². The minimum absolute atomic E-state index is 0.359. The Labute approximate surface area is 207 Å². The first-order valence-electron chi connectivity index (χ1n) is 10.7. The molecule has 0 radical (unpaired) electrons. The molecule has 3 aromatic rings. The van der Waals surface area contributed by atoms with E-state index < -0.39 is 12.0 Å². The molecule has 0 saturated heterocycles. The summed E-state index contributed by atoms with van der Waals surface area (Å²) in [5.74, 6) is -0.0567. The highest BCUT2D eigenvalue weighted by atomic mass is 35.5. The Bertz CT molecular complexity index is 1200. The molecule has 0 fully saturated rings. The molecule has 1 aliphatic heterocycles. The van der Waals surface area contributed by atoms with Crippen LogP contribution in [0.3, 0.4) is 0 Å². The third-order valence-electron chi connectivity index (χ3n) is 5.59. The van der Waals surface area contributed by atoms with Gasteiger partial charge in [0.15, 0.2) is 5.06 Å². The molecule has 0 unspecified atom stereocenters. The van der Waals surface area contributed by atoms with E-state index in [0.29, 0.717) is 28.7 Å². The third-order valence-corrected chi connectivity index (χ3v) is 7.05. The van der Waals surface area contributed by atoms with Crippen LogP contribution in [-0.2, 0) is 27.3 Å². The maximum Gasteiger partial charge on any atom is 0.336 e. The van der Waals surface area contributed by atoms with Gasteiger partial charge in [-0.15, -0.1) is 11.3 Å². The Balaban J connectivity index is 1.45. The lowest BCUT2D eigenvalue weighted by Crippen LogP contribution is -2.38. The van der Waals surface area contributed by atoms with E-state index in [1.165, 1.54) is 24.5 Å². The largest absolute Gasteiger partial charge is 0.497 e. The molecule has 8 heteroatoms. The quantitative estimate of drug-likeness (QED) is 0.326. The van der Waals surface area contributed by atoms with E-state index in [1.807, 2.05) is 53.4 Å². The highest BCUT2D eigenvalue weighted by molar-refractivity contribution is 7.14. The second kappa shape index (κ2) is 10.9. The number of nitrogens with zero attached hydrogens (tertiary/aromatic N) is 1. The molecule has 0 aliphatic carbocycles. The molecule has 1 aromatic heterocycles. The lowest BCUT2D eigenvalue weighted by atomic mass is 10.0. The van der Waals surface area contributed by atoms with Gasteiger partial charge in [-0.25, -0.2) is 9.59 Å². The van der Waals surface area contributed by atoms with E-state index in [0.717, 1.165) is 28.2 Å². The molecule has 34 heavy (non-hydrogen) atoms. The van der Waals surface area contributed by atoms with Crippen LogP contribution in [0.4, 0.5) is 0 Å². The summed E-state index contributed by atoms with van der Waals surface area (Å²) in [5.41, 5.74) is 2.61. The Morgan fingerprint density at radius 3 is 2.59 bits per heavy atom. The van der Waals surface area contributed by atoms with Gasteiger partial charge in [-0.05, 0) is 53.5 Å². The number of hydrogen-bond donors (Lipinski definition) is 0. The van der Waals surface area contributed by atoms with Crippen LogP contribution < -0.4 is 9.47 Å². The fraction of sp³-hybridized carbons (Fsp3) is 0.231. The van der Waals surface area contributed by atoms with Crippen molar-refractivity contribution >= 4 is 41.0 Å². The maximum absolute atomic E-state index is 12.6. The number of hydrogen-bond acceptors (Lipinski definition) is 7. The number of methoxy groups -OCH3 is 2. The fourth-order valence-corrected chi connectivity index (χ4v) is 5.15. The molecule has 0 spiro atoms. The van der Waals surface area contributed by atoms with Crippen LogP contribution in [0.25, 0.3) is 6.08 Å². The molecule has 0 saturated carbocycles. The van der Waals surface area contributed by atoms with E-state index in [1.54, 1.807) is 19.3 Å². The van der Waals surface area contributed by atoms with Crippen molar-refractivity contribution in [1.82, 2.24) is 4.90 Å². The van der Waals surface area contributed by atoms with E-state index in [-0.39, 0.29) is 5.97 Å². The summed E-state index contributed by atoms with van der Waals surface area (Å²) < 4.78 is 15.8. The van der Waals surface area contributed by atoms with Crippen molar-refractivity contribution in [3.05, 3.63) is 87.3 Å². The highest BCUT2D eigenvalue weighted by Crippen LogP contribution is 2.37. The first-order chi connectivity index (χ1) is 16.5. The van der Waals surface area contributed by atoms with Crippen molar-refractivity contribution in [2.75, 3.05) is 20.8 Å². The summed E-state index contributed by atoms with van der Waals surface area (Å²) in [6.45, 7) is 1.18. The Morgan fingerprint density at radius 2 is 1.88 bits per heavy atom. The van der Waals surface area contributed by atoms with Crippen molar-refractivity contribution in [3.8, 4) is 10.8 Å². The van der Waals surface area contributed by atoms with E-state index in [2.05, 4.69) is 0 Å². The number of carbonyl (C=O) groups excluding carboxylic acids is 2. The number of halogens is 1. The monoisotopic (exact) mass is 497 g/mol. The summed E-state index contributed by atoms with van der Waals surface area (Å²) in [7, 11) is 2.98. The maximum atomic E-state index is 12.6. The predicted octanol–water partition coefficient (Wildman–Crippen LogP) is 5.30. The summed E-state index contributed by atoms with van der Waals surface area (Å²) in [4.78, 5) is 28.2. The first kappa shape index (κ1) is 24.0. The smallest absolute Gasteiger partial charge is 0.336 e. The van der Waals surface area contributed by atoms with Crippen LogP contribution in [0.5, 0.6) is 10.8 Å². The lowest BCUT2D eigenvalue weighted by molar-refractivity contribution is -0.147. The lowest BCUT2D eigenvalue weighted by Gasteiger charge is -2.33. The van der Waals surface area contributed by atoms with Gasteiger partial charge in [-0.1, -0.05) is 41.9 Å². The fourth-order valence-electron chi connectivity index (χ4n) is 3.89.